The molecule has 2 rings (SSSR count). The number of benzene rings is 2. The normalized spacial score (nSPS) is 13.4. The summed E-state index contributed by atoms with van der Waals surface area (Å²) in [6.45, 7) is 4.17. The van der Waals surface area contributed by atoms with Gasteiger partial charge in [0.15, 0.2) is 0 Å². The number of rotatable bonds is 5. The van der Waals surface area contributed by atoms with E-state index in [0.717, 1.165) is 10.0 Å². The molecule has 0 aliphatic carbocycles. The van der Waals surface area contributed by atoms with Gasteiger partial charge in [-0.15, -0.1) is 0 Å². The Labute approximate surface area is 144 Å². The lowest BCUT2D eigenvalue weighted by molar-refractivity contribution is -0.137. The number of hydrogen-bond donors (Lipinski definition) is 1. The van der Waals surface area contributed by atoms with E-state index in [1.54, 1.807) is 24.0 Å². The fourth-order valence-corrected chi connectivity index (χ4v) is 2.84. The Morgan fingerprint density at radius 2 is 1.91 bits per heavy atom. The maximum Gasteiger partial charge on any atom is 0.247 e. The zero-order chi connectivity index (χ0) is 17.0. The quantitative estimate of drug-likeness (QED) is 0.859. The molecule has 0 aliphatic rings. The van der Waals surface area contributed by atoms with Crippen LogP contribution in [0.25, 0.3) is 0 Å². The molecular formula is C18H20BrFN2O. The second-order valence-corrected chi connectivity index (χ2v) is 6.54. The van der Waals surface area contributed by atoms with Gasteiger partial charge in [0.25, 0.3) is 0 Å². The van der Waals surface area contributed by atoms with Crippen LogP contribution in [0.15, 0.2) is 53.0 Å². The summed E-state index contributed by atoms with van der Waals surface area (Å²) in [5.41, 5.74) is 6.32. The molecule has 1 unspecified atom stereocenters. The second-order valence-electron chi connectivity index (χ2n) is 5.62. The fourth-order valence-electron chi connectivity index (χ4n) is 2.43. The number of nitrogens with two attached hydrogens (primary N) is 1. The van der Waals surface area contributed by atoms with Crippen molar-refractivity contribution in [2.45, 2.75) is 25.9 Å². The van der Waals surface area contributed by atoms with Gasteiger partial charge in [-0.25, -0.2) is 4.39 Å². The Kier molecular flexibility index (Phi) is 5.55. The summed E-state index contributed by atoms with van der Waals surface area (Å²) in [7, 11) is 0. The number of likely N-dealkylation sites (N-methyl/N-ethyl adjacent to an activating group) is 1. The number of carbonyl (C=O) groups excluding carboxylic acids is 1. The first kappa shape index (κ1) is 17.6. The first-order chi connectivity index (χ1) is 10.9. The summed E-state index contributed by atoms with van der Waals surface area (Å²) in [6, 6.07) is 13.9. The molecule has 0 aromatic heterocycles. The van der Waals surface area contributed by atoms with E-state index < -0.39 is 5.54 Å². The number of halogens is 2. The molecule has 3 nitrogen and oxygen atoms in total. The van der Waals surface area contributed by atoms with Gasteiger partial charge < -0.3 is 10.6 Å². The van der Waals surface area contributed by atoms with Crippen molar-refractivity contribution in [1.29, 1.82) is 0 Å². The summed E-state index contributed by atoms with van der Waals surface area (Å²) in [5.74, 6) is -0.566. The van der Waals surface area contributed by atoms with Crippen molar-refractivity contribution >= 4 is 21.8 Å². The molecule has 23 heavy (non-hydrogen) atoms. The molecule has 0 radical (unpaired) electrons. The number of nitrogens with zero attached hydrogens (tertiary/aromatic N) is 1. The summed E-state index contributed by atoms with van der Waals surface area (Å²) in [6.07, 6.45) is 0. The Hall–Kier alpha value is -1.72. The third-order valence-electron chi connectivity index (χ3n) is 3.86. The van der Waals surface area contributed by atoms with Crippen molar-refractivity contribution in [2.24, 2.45) is 5.73 Å². The summed E-state index contributed by atoms with van der Waals surface area (Å²) < 4.78 is 14.7. The smallest absolute Gasteiger partial charge is 0.247 e. The molecule has 0 saturated heterocycles. The molecule has 2 aromatic rings. The first-order valence-corrected chi connectivity index (χ1v) is 8.23. The predicted octanol–water partition coefficient (Wildman–Crippen LogP) is 3.81. The molecule has 0 heterocycles. The van der Waals surface area contributed by atoms with Gasteiger partial charge in [0.1, 0.15) is 11.4 Å². The highest BCUT2D eigenvalue weighted by molar-refractivity contribution is 9.10. The Balaban J connectivity index is 2.26. The third-order valence-corrected chi connectivity index (χ3v) is 4.35. The van der Waals surface area contributed by atoms with Crippen LogP contribution in [0.1, 0.15) is 25.0 Å². The fraction of sp³-hybridized carbons (Fsp3) is 0.278. The van der Waals surface area contributed by atoms with Crippen molar-refractivity contribution in [3.63, 3.8) is 0 Å². The van der Waals surface area contributed by atoms with E-state index in [4.69, 9.17) is 5.73 Å². The van der Waals surface area contributed by atoms with E-state index in [2.05, 4.69) is 15.9 Å². The minimum atomic E-state index is -1.15. The third kappa shape index (κ3) is 3.98. The van der Waals surface area contributed by atoms with Gasteiger partial charge in [-0.1, -0.05) is 46.3 Å². The molecule has 0 saturated carbocycles. The molecule has 5 heteroatoms. The number of amides is 1. The highest BCUT2D eigenvalue weighted by Crippen LogP contribution is 2.23. The van der Waals surface area contributed by atoms with Crippen LogP contribution in [0.5, 0.6) is 0 Å². The number of carbonyl (C=O) groups is 1. The monoisotopic (exact) mass is 378 g/mol. The van der Waals surface area contributed by atoms with E-state index >= 15 is 0 Å². The van der Waals surface area contributed by atoms with Gasteiger partial charge in [-0.05, 0) is 37.6 Å². The summed E-state index contributed by atoms with van der Waals surface area (Å²) in [4.78, 5) is 14.4. The largest absolute Gasteiger partial charge is 0.337 e. The van der Waals surface area contributed by atoms with Crippen molar-refractivity contribution in [2.75, 3.05) is 6.54 Å². The van der Waals surface area contributed by atoms with Crippen molar-refractivity contribution < 1.29 is 9.18 Å². The maximum atomic E-state index is 14.0. The molecule has 0 fully saturated rings. The Morgan fingerprint density at radius 3 is 2.52 bits per heavy atom. The lowest BCUT2D eigenvalue weighted by Gasteiger charge is -2.31. The van der Waals surface area contributed by atoms with E-state index in [9.17, 15) is 9.18 Å². The van der Waals surface area contributed by atoms with Gasteiger partial charge in [-0.3, -0.25) is 4.79 Å². The molecule has 0 bridgehead atoms. The van der Waals surface area contributed by atoms with E-state index in [-0.39, 0.29) is 18.3 Å². The molecule has 0 spiro atoms. The Morgan fingerprint density at radius 1 is 1.26 bits per heavy atom. The van der Waals surface area contributed by atoms with Crippen LogP contribution in [-0.2, 0) is 16.9 Å². The van der Waals surface area contributed by atoms with Crippen LogP contribution in [0.4, 0.5) is 4.39 Å². The average Bonchev–Trinajstić information content (AvgIpc) is 2.55. The van der Waals surface area contributed by atoms with Crippen LogP contribution in [-0.4, -0.2) is 17.4 Å². The van der Waals surface area contributed by atoms with Crippen molar-refractivity contribution in [3.8, 4) is 0 Å². The second kappa shape index (κ2) is 7.23. The SMILES string of the molecule is CCN(Cc1cc(Br)ccc1F)C(=O)C(C)(N)c1ccccc1. The van der Waals surface area contributed by atoms with Crippen LogP contribution in [0, 0.1) is 5.82 Å². The van der Waals surface area contributed by atoms with Crippen LogP contribution in [0.3, 0.4) is 0 Å². The molecule has 1 atom stereocenters. The standard InChI is InChI=1S/C18H20BrFN2O/c1-3-22(12-13-11-15(19)9-10-16(13)20)17(23)18(2,21)14-7-5-4-6-8-14/h4-11H,3,12,21H2,1-2H3. The van der Waals surface area contributed by atoms with Gasteiger partial charge in [0.2, 0.25) is 5.91 Å². The van der Waals surface area contributed by atoms with Crippen LogP contribution >= 0.6 is 15.9 Å². The minimum Gasteiger partial charge on any atom is -0.337 e. The van der Waals surface area contributed by atoms with E-state index in [0.29, 0.717) is 12.1 Å². The topological polar surface area (TPSA) is 46.3 Å². The zero-order valence-electron chi connectivity index (χ0n) is 13.2. The average molecular weight is 379 g/mol. The van der Waals surface area contributed by atoms with Crippen molar-refractivity contribution in [3.05, 3.63) is 69.9 Å². The lowest BCUT2D eigenvalue weighted by Crippen LogP contribution is -2.50. The molecule has 122 valence electrons. The summed E-state index contributed by atoms with van der Waals surface area (Å²) in [5, 5.41) is 0. The molecule has 1 amide bonds. The first-order valence-electron chi connectivity index (χ1n) is 7.44. The molecule has 0 aliphatic heterocycles. The van der Waals surface area contributed by atoms with Gasteiger partial charge in [0.05, 0.1) is 0 Å². The summed E-state index contributed by atoms with van der Waals surface area (Å²) >= 11 is 3.33. The molecule has 2 N–H and O–H groups in total. The molecular weight excluding hydrogens is 359 g/mol. The van der Waals surface area contributed by atoms with Gasteiger partial charge in [-0.2, -0.15) is 0 Å². The van der Waals surface area contributed by atoms with E-state index in [1.165, 1.54) is 6.07 Å². The van der Waals surface area contributed by atoms with Crippen molar-refractivity contribution in [1.82, 2.24) is 4.90 Å². The highest BCUT2D eigenvalue weighted by Gasteiger charge is 2.34. The number of hydrogen-bond acceptors (Lipinski definition) is 2. The predicted molar refractivity (Wildman–Crippen MR) is 93.2 cm³/mol. The zero-order valence-corrected chi connectivity index (χ0v) is 14.8. The van der Waals surface area contributed by atoms with E-state index in [1.807, 2.05) is 37.3 Å². The van der Waals surface area contributed by atoms with Gasteiger partial charge in [0, 0.05) is 23.1 Å². The van der Waals surface area contributed by atoms with Crippen LogP contribution in [0.2, 0.25) is 0 Å². The van der Waals surface area contributed by atoms with Gasteiger partial charge >= 0.3 is 0 Å². The lowest BCUT2D eigenvalue weighted by atomic mass is 9.91. The molecule has 2 aromatic carbocycles. The van der Waals surface area contributed by atoms with Crippen LogP contribution < -0.4 is 5.73 Å². The highest BCUT2D eigenvalue weighted by atomic mass is 79.9. The Bertz CT molecular complexity index is 689. The maximum absolute atomic E-state index is 14.0. The minimum absolute atomic E-state index is 0.181.